The molecule has 1 aliphatic rings. The van der Waals surface area contributed by atoms with E-state index in [9.17, 15) is 19.6 Å². The van der Waals surface area contributed by atoms with Gasteiger partial charge in [0.05, 0.1) is 23.6 Å². The monoisotopic (exact) mass is 354 g/mol. The Bertz CT molecular complexity index is 958. The van der Waals surface area contributed by atoms with Crippen molar-refractivity contribution in [1.82, 2.24) is 15.5 Å². The molecule has 1 fully saturated rings. The van der Waals surface area contributed by atoms with Gasteiger partial charge in [-0.15, -0.1) is 0 Å². The highest BCUT2D eigenvalue weighted by molar-refractivity contribution is 5.87. The molecule has 134 valence electrons. The Kier molecular flexibility index (Phi) is 4.71. The number of fused-ring (bicyclic) bond motifs is 1. The fourth-order valence-corrected chi connectivity index (χ4v) is 2.85. The largest absolute Gasteiger partial charge is 0.455 e. The summed E-state index contributed by atoms with van der Waals surface area (Å²) in [6.45, 7) is 1.20. The highest BCUT2D eigenvalue weighted by Crippen LogP contribution is 2.39. The predicted octanol–water partition coefficient (Wildman–Crippen LogP) is 0.817. The number of rotatable bonds is 6. The molecule has 0 bridgehead atoms. The summed E-state index contributed by atoms with van der Waals surface area (Å²) in [5, 5.41) is 19.1. The van der Waals surface area contributed by atoms with Gasteiger partial charge >= 0.3 is 5.97 Å². The summed E-state index contributed by atoms with van der Waals surface area (Å²) < 4.78 is 4.99. The summed E-state index contributed by atoms with van der Waals surface area (Å²) in [4.78, 5) is 35.7. The van der Waals surface area contributed by atoms with Crippen LogP contribution in [0.15, 0.2) is 29.1 Å². The van der Waals surface area contributed by atoms with Crippen LogP contribution in [0.1, 0.15) is 25.5 Å². The van der Waals surface area contributed by atoms with Crippen LogP contribution in [0.4, 0.5) is 0 Å². The van der Waals surface area contributed by atoms with Gasteiger partial charge in [-0.25, -0.2) is 5.10 Å². The summed E-state index contributed by atoms with van der Waals surface area (Å²) in [6.07, 6.45) is 1.62. The average molecular weight is 354 g/mol. The van der Waals surface area contributed by atoms with Crippen LogP contribution in [0.2, 0.25) is 0 Å². The molecule has 0 aliphatic heterocycles. The van der Waals surface area contributed by atoms with Gasteiger partial charge in [0.1, 0.15) is 5.54 Å². The van der Waals surface area contributed by atoms with Gasteiger partial charge in [-0.3, -0.25) is 14.4 Å². The molecule has 1 heterocycles. The Morgan fingerprint density at radius 1 is 1.38 bits per heavy atom. The number of hydrogen-bond acceptors (Lipinski definition) is 6. The van der Waals surface area contributed by atoms with Crippen LogP contribution in [0.3, 0.4) is 0 Å². The van der Waals surface area contributed by atoms with E-state index < -0.39 is 24.0 Å². The van der Waals surface area contributed by atoms with Crippen LogP contribution in [0.5, 0.6) is 0 Å². The fraction of sp³-hybridized carbons (Fsp3) is 0.389. The number of esters is 1. The molecule has 1 saturated carbocycles. The molecule has 1 atom stereocenters. The molecule has 1 aromatic heterocycles. The number of ether oxygens (including phenoxy) is 1. The van der Waals surface area contributed by atoms with Crippen molar-refractivity contribution >= 4 is 22.6 Å². The first-order valence-corrected chi connectivity index (χ1v) is 8.27. The molecule has 0 spiro atoms. The highest BCUT2D eigenvalue weighted by Gasteiger charge is 2.43. The van der Waals surface area contributed by atoms with Crippen molar-refractivity contribution in [2.24, 2.45) is 5.92 Å². The Morgan fingerprint density at radius 2 is 2.08 bits per heavy atom. The molecule has 2 N–H and O–H groups in total. The first-order valence-electron chi connectivity index (χ1n) is 8.27. The SMILES string of the molecule is C[C@](C#N)(NC(=O)COC(=O)Cc1n[nH]c(=O)c2ccccc12)C1CC1. The summed E-state index contributed by atoms with van der Waals surface area (Å²) in [7, 11) is 0. The van der Waals surface area contributed by atoms with Crippen LogP contribution in [-0.2, 0) is 20.7 Å². The molecule has 1 aliphatic carbocycles. The van der Waals surface area contributed by atoms with E-state index in [0.29, 0.717) is 16.5 Å². The molecule has 0 radical (unpaired) electrons. The molecular weight excluding hydrogens is 336 g/mol. The van der Waals surface area contributed by atoms with E-state index in [1.807, 2.05) is 0 Å². The lowest BCUT2D eigenvalue weighted by Gasteiger charge is -2.22. The molecule has 26 heavy (non-hydrogen) atoms. The third kappa shape index (κ3) is 3.72. The molecule has 0 saturated heterocycles. The van der Waals surface area contributed by atoms with Crippen molar-refractivity contribution in [2.45, 2.75) is 31.7 Å². The number of aromatic nitrogens is 2. The smallest absolute Gasteiger partial charge is 0.312 e. The average Bonchev–Trinajstić information content (AvgIpc) is 3.48. The lowest BCUT2D eigenvalue weighted by Crippen LogP contribution is -2.48. The maximum absolute atomic E-state index is 12.0. The quantitative estimate of drug-likeness (QED) is 0.740. The van der Waals surface area contributed by atoms with Crippen molar-refractivity contribution < 1.29 is 14.3 Å². The third-order valence-corrected chi connectivity index (χ3v) is 4.48. The topological polar surface area (TPSA) is 125 Å². The number of amides is 1. The number of nitrogens with one attached hydrogen (secondary N) is 2. The van der Waals surface area contributed by atoms with Gasteiger partial charge in [0.2, 0.25) is 0 Å². The van der Waals surface area contributed by atoms with Gasteiger partial charge in [0, 0.05) is 5.39 Å². The number of H-pyrrole nitrogens is 1. The first kappa shape index (κ1) is 17.6. The minimum atomic E-state index is -0.930. The summed E-state index contributed by atoms with van der Waals surface area (Å²) in [5.74, 6) is -1.02. The van der Waals surface area contributed by atoms with E-state index in [1.54, 1.807) is 31.2 Å². The number of nitrogens with zero attached hydrogens (tertiary/aromatic N) is 2. The number of nitriles is 1. The summed E-state index contributed by atoms with van der Waals surface area (Å²) in [5.41, 5.74) is -0.904. The zero-order chi connectivity index (χ0) is 18.7. The Balaban J connectivity index is 1.60. The van der Waals surface area contributed by atoms with Crippen molar-refractivity contribution in [1.29, 1.82) is 5.26 Å². The lowest BCUT2D eigenvalue weighted by atomic mass is 9.98. The molecule has 2 aromatic rings. The minimum absolute atomic E-state index is 0.142. The lowest BCUT2D eigenvalue weighted by molar-refractivity contribution is -0.148. The number of aromatic amines is 1. The maximum atomic E-state index is 12.0. The van der Waals surface area contributed by atoms with Gasteiger partial charge in [-0.05, 0) is 31.7 Å². The van der Waals surface area contributed by atoms with E-state index in [0.717, 1.165) is 12.8 Å². The molecule has 1 amide bonds. The van der Waals surface area contributed by atoms with E-state index in [4.69, 9.17) is 4.74 Å². The van der Waals surface area contributed by atoms with Crippen LogP contribution in [0.25, 0.3) is 10.8 Å². The van der Waals surface area contributed by atoms with E-state index in [2.05, 4.69) is 21.6 Å². The molecular formula is C18H18N4O4. The van der Waals surface area contributed by atoms with Crippen molar-refractivity contribution in [3.05, 3.63) is 40.3 Å². The van der Waals surface area contributed by atoms with Gasteiger partial charge < -0.3 is 10.1 Å². The molecule has 3 rings (SSSR count). The van der Waals surface area contributed by atoms with Crippen molar-refractivity contribution in [2.75, 3.05) is 6.61 Å². The summed E-state index contributed by atoms with van der Waals surface area (Å²) >= 11 is 0. The van der Waals surface area contributed by atoms with Gasteiger partial charge in [0.15, 0.2) is 6.61 Å². The minimum Gasteiger partial charge on any atom is -0.455 e. The Morgan fingerprint density at radius 3 is 2.73 bits per heavy atom. The number of carbonyl (C=O) groups is 2. The van der Waals surface area contributed by atoms with Crippen LogP contribution in [-0.4, -0.2) is 34.2 Å². The zero-order valence-electron chi connectivity index (χ0n) is 14.2. The van der Waals surface area contributed by atoms with Gasteiger partial charge in [-0.2, -0.15) is 10.4 Å². The summed E-state index contributed by atoms with van der Waals surface area (Å²) in [6, 6.07) is 8.90. The fourth-order valence-electron chi connectivity index (χ4n) is 2.85. The van der Waals surface area contributed by atoms with E-state index >= 15 is 0 Å². The van der Waals surface area contributed by atoms with Gasteiger partial charge in [-0.1, -0.05) is 18.2 Å². The molecule has 8 nitrogen and oxygen atoms in total. The van der Waals surface area contributed by atoms with E-state index in [1.165, 1.54) is 0 Å². The predicted molar refractivity (Wildman–Crippen MR) is 91.9 cm³/mol. The second-order valence-corrected chi connectivity index (χ2v) is 6.52. The standard InChI is InChI=1S/C18H18N4O4/c1-18(10-19,11-6-7-11)20-15(23)9-26-16(24)8-14-12-4-2-3-5-13(12)17(25)22-21-14/h2-5,11H,6-9H2,1H3,(H,20,23)(H,22,25)/t18-/m1/s1. The number of carbonyl (C=O) groups excluding carboxylic acids is 2. The second kappa shape index (κ2) is 6.96. The molecule has 1 aromatic carbocycles. The van der Waals surface area contributed by atoms with E-state index in [-0.39, 0.29) is 17.9 Å². The number of hydrogen-bond donors (Lipinski definition) is 2. The second-order valence-electron chi connectivity index (χ2n) is 6.52. The zero-order valence-corrected chi connectivity index (χ0v) is 14.2. The van der Waals surface area contributed by atoms with Crippen LogP contribution >= 0.6 is 0 Å². The van der Waals surface area contributed by atoms with Gasteiger partial charge in [0.25, 0.3) is 11.5 Å². The first-order chi connectivity index (χ1) is 12.4. The number of benzene rings is 1. The van der Waals surface area contributed by atoms with Crippen LogP contribution < -0.4 is 10.9 Å². The van der Waals surface area contributed by atoms with Crippen molar-refractivity contribution in [3.63, 3.8) is 0 Å². The Labute approximate surface area is 149 Å². The normalized spacial score (nSPS) is 15.7. The molecule has 0 unspecified atom stereocenters. The van der Waals surface area contributed by atoms with Crippen LogP contribution in [0, 0.1) is 17.2 Å². The maximum Gasteiger partial charge on any atom is 0.312 e. The third-order valence-electron chi connectivity index (χ3n) is 4.48. The highest BCUT2D eigenvalue weighted by atomic mass is 16.5. The molecule has 8 heteroatoms. The van der Waals surface area contributed by atoms with Crippen molar-refractivity contribution in [3.8, 4) is 6.07 Å². The Hall–Kier alpha value is -3.21.